The first kappa shape index (κ1) is 13.3. The molecule has 2 saturated heterocycles. The Morgan fingerprint density at radius 1 is 1.26 bits per heavy atom. The minimum absolute atomic E-state index is 0.422. The maximum Gasteiger partial charge on any atom is 0.230 e. The van der Waals surface area contributed by atoms with Gasteiger partial charge < -0.3 is 14.4 Å². The molecule has 3 aromatic rings. The van der Waals surface area contributed by atoms with E-state index < -0.39 is 0 Å². The summed E-state index contributed by atoms with van der Waals surface area (Å²) in [5, 5.41) is 9.06. The van der Waals surface area contributed by atoms with Gasteiger partial charge in [0, 0.05) is 41.7 Å². The number of hydrogen-bond donors (Lipinski definition) is 1. The quantitative estimate of drug-likeness (QED) is 0.790. The molecule has 5 heteroatoms. The Morgan fingerprint density at radius 2 is 2.17 bits per heavy atom. The smallest absolute Gasteiger partial charge is 0.230 e. The van der Waals surface area contributed by atoms with Crippen LogP contribution in [0.3, 0.4) is 0 Å². The minimum atomic E-state index is 0.422. The zero-order valence-corrected chi connectivity index (χ0v) is 13.2. The summed E-state index contributed by atoms with van der Waals surface area (Å²) in [6.45, 7) is 1.08. The first-order chi connectivity index (χ1) is 11.3. The molecule has 4 heterocycles. The molecule has 1 aromatic carbocycles. The van der Waals surface area contributed by atoms with Crippen LogP contribution in [0.5, 0.6) is 0 Å². The fourth-order valence-electron chi connectivity index (χ4n) is 4.30. The van der Waals surface area contributed by atoms with E-state index in [4.69, 9.17) is 9.51 Å². The van der Waals surface area contributed by atoms with Crippen molar-refractivity contribution in [3.05, 3.63) is 36.4 Å². The summed E-state index contributed by atoms with van der Waals surface area (Å²) in [6, 6.07) is 8.97. The van der Waals surface area contributed by atoms with Crippen molar-refractivity contribution in [3.63, 3.8) is 0 Å². The summed E-state index contributed by atoms with van der Waals surface area (Å²) in [5.41, 5.74) is 2.24. The Bertz CT molecular complexity index is 857. The van der Waals surface area contributed by atoms with E-state index in [1.807, 2.05) is 0 Å². The lowest BCUT2D eigenvalue weighted by Crippen LogP contribution is -2.48. The highest BCUT2D eigenvalue weighted by molar-refractivity contribution is 5.94. The number of hydrogen-bond acceptors (Lipinski definition) is 4. The Hall–Kier alpha value is -2.14. The normalized spacial score (nSPS) is 26.9. The molecule has 2 unspecified atom stereocenters. The van der Waals surface area contributed by atoms with Crippen molar-refractivity contribution >= 4 is 10.9 Å². The molecule has 0 spiro atoms. The van der Waals surface area contributed by atoms with Gasteiger partial charge in [-0.3, -0.25) is 0 Å². The van der Waals surface area contributed by atoms with Gasteiger partial charge in [-0.05, 0) is 37.8 Å². The van der Waals surface area contributed by atoms with Gasteiger partial charge >= 0.3 is 0 Å². The van der Waals surface area contributed by atoms with E-state index in [1.165, 1.54) is 23.7 Å². The Kier molecular flexibility index (Phi) is 2.85. The lowest BCUT2D eigenvalue weighted by Gasteiger charge is -2.41. The van der Waals surface area contributed by atoms with Gasteiger partial charge in [0.2, 0.25) is 11.7 Å². The van der Waals surface area contributed by atoms with Crippen LogP contribution in [0.4, 0.5) is 0 Å². The van der Waals surface area contributed by atoms with Crippen LogP contribution in [0.2, 0.25) is 0 Å². The Balaban J connectivity index is 1.54. The number of piperidine rings is 2. The van der Waals surface area contributed by atoms with E-state index in [1.54, 1.807) is 0 Å². The number of benzene rings is 1. The van der Waals surface area contributed by atoms with Crippen molar-refractivity contribution in [2.24, 2.45) is 13.0 Å². The SMILES string of the molecule is Cn1cc(-c2noc([C@@H]3CC4CCC3CN4)n2)c2ccccc21. The molecule has 0 amide bonds. The van der Waals surface area contributed by atoms with E-state index >= 15 is 0 Å². The molecule has 23 heavy (non-hydrogen) atoms. The summed E-state index contributed by atoms with van der Waals surface area (Å²) >= 11 is 0. The molecule has 3 atom stereocenters. The predicted molar refractivity (Wildman–Crippen MR) is 88.1 cm³/mol. The monoisotopic (exact) mass is 308 g/mol. The number of nitrogens with one attached hydrogen (secondary N) is 1. The van der Waals surface area contributed by atoms with Gasteiger partial charge in [-0.15, -0.1) is 0 Å². The Labute approximate surface area is 134 Å². The van der Waals surface area contributed by atoms with Crippen LogP contribution in [-0.4, -0.2) is 27.3 Å². The van der Waals surface area contributed by atoms with Crippen LogP contribution in [0.25, 0.3) is 22.3 Å². The van der Waals surface area contributed by atoms with Gasteiger partial charge in [-0.1, -0.05) is 23.4 Å². The van der Waals surface area contributed by atoms with Crippen molar-refractivity contribution < 1.29 is 4.52 Å². The fraction of sp³-hybridized carbons (Fsp3) is 0.444. The summed E-state index contributed by atoms with van der Waals surface area (Å²) < 4.78 is 7.79. The number of aromatic nitrogens is 3. The zero-order chi connectivity index (χ0) is 15.4. The number of nitrogens with zero attached hydrogens (tertiary/aromatic N) is 3. The second-order valence-corrected chi connectivity index (χ2v) is 6.91. The molecule has 5 nitrogen and oxygen atoms in total. The molecule has 0 radical (unpaired) electrons. The maximum absolute atomic E-state index is 5.67. The average molecular weight is 308 g/mol. The van der Waals surface area contributed by atoms with E-state index in [2.05, 4.69) is 52.6 Å². The number of fused-ring (bicyclic) bond motifs is 4. The topological polar surface area (TPSA) is 55.9 Å². The second kappa shape index (κ2) is 4.93. The van der Waals surface area contributed by atoms with E-state index in [-0.39, 0.29) is 0 Å². The molecule has 118 valence electrons. The molecular weight excluding hydrogens is 288 g/mol. The van der Waals surface area contributed by atoms with Crippen LogP contribution in [0.1, 0.15) is 31.1 Å². The summed E-state index contributed by atoms with van der Waals surface area (Å²) in [6.07, 6.45) is 5.77. The van der Waals surface area contributed by atoms with Gasteiger partial charge in [0.05, 0.1) is 0 Å². The third kappa shape index (κ3) is 2.03. The predicted octanol–water partition coefficient (Wildman–Crippen LogP) is 3.08. The van der Waals surface area contributed by atoms with Gasteiger partial charge in [0.25, 0.3) is 0 Å². The van der Waals surface area contributed by atoms with Crippen LogP contribution >= 0.6 is 0 Å². The van der Waals surface area contributed by atoms with Crippen molar-refractivity contribution in [2.45, 2.75) is 31.2 Å². The highest BCUT2D eigenvalue weighted by Crippen LogP contribution is 2.41. The lowest BCUT2D eigenvalue weighted by atomic mass is 9.73. The minimum Gasteiger partial charge on any atom is -0.350 e. The zero-order valence-electron chi connectivity index (χ0n) is 13.2. The largest absolute Gasteiger partial charge is 0.350 e. The van der Waals surface area contributed by atoms with Crippen LogP contribution < -0.4 is 5.32 Å². The first-order valence-corrected chi connectivity index (χ1v) is 8.41. The van der Waals surface area contributed by atoms with E-state index in [9.17, 15) is 0 Å². The molecule has 1 saturated carbocycles. The third-order valence-electron chi connectivity index (χ3n) is 5.56. The standard InChI is InChI=1S/C18H20N4O/c1-22-10-15(13-4-2-3-5-16(13)22)17-20-18(23-21-17)14-8-12-7-6-11(14)9-19-12/h2-5,10-12,14,19H,6-9H2,1H3/t11?,12?,14-/m1/s1. The van der Waals surface area contributed by atoms with E-state index in [0.29, 0.717) is 23.7 Å². The van der Waals surface area contributed by atoms with Gasteiger partial charge in [-0.2, -0.15) is 4.98 Å². The molecule has 6 rings (SSSR count). The number of para-hydroxylation sites is 1. The maximum atomic E-state index is 5.67. The van der Waals surface area contributed by atoms with Crippen LogP contribution in [0.15, 0.2) is 35.0 Å². The average Bonchev–Trinajstić information content (AvgIpc) is 3.21. The van der Waals surface area contributed by atoms with Crippen LogP contribution in [0, 0.1) is 5.92 Å². The van der Waals surface area contributed by atoms with Crippen LogP contribution in [-0.2, 0) is 7.05 Å². The number of rotatable bonds is 2. The first-order valence-electron chi connectivity index (χ1n) is 8.41. The summed E-state index contributed by atoms with van der Waals surface area (Å²) in [4.78, 5) is 4.77. The molecular formula is C18H20N4O. The molecule has 1 aliphatic carbocycles. The molecule has 1 N–H and O–H groups in total. The molecule has 2 aliphatic heterocycles. The highest BCUT2D eigenvalue weighted by Gasteiger charge is 2.39. The summed E-state index contributed by atoms with van der Waals surface area (Å²) in [5.74, 6) is 2.60. The van der Waals surface area contributed by atoms with E-state index in [0.717, 1.165) is 24.4 Å². The molecule has 3 aliphatic rings. The molecule has 2 bridgehead atoms. The van der Waals surface area contributed by atoms with Gasteiger partial charge in [0.15, 0.2) is 0 Å². The fourth-order valence-corrected chi connectivity index (χ4v) is 4.30. The van der Waals surface area contributed by atoms with Crippen molar-refractivity contribution in [1.82, 2.24) is 20.0 Å². The van der Waals surface area contributed by atoms with Crippen molar-refractivity contribution in [2.75, 3.05) is 6.54 Å². The summed E-state index contributed by atoms with van der Waals surface area (Å²) in [7, 11) is 2.05. The van der Waals surface area contributed by atoms with Crippen molar-refractivity contribution in [1.29, 1.82) is 0 Å². The number of aryl methyl sites for hydroxylation is 1. The highest BCUT2D eigenvalue weighted by atomic mass is 16.5. The third-order valence-corrected chi connectivity index (χ3v) is 5.56. The second-order valence-electron chi connectivity index (χ2n) is 6.91. The van der Waals surface area contributed by atoms with Gasteiger partial charge in [-0.25, -0.2) is 0 Å². The lowest BCUT2D eigenvalue weighted by molar-refractivity contribution is 0.154. The van der Waals surface area contributed by atoms with Gasteiger partial charge in [0.1, 0.15) is 0 Å². The Morgan fingerprint density at radius 3 is 2.96 bits per heavy atom. The van der Waals surface area contributed by atoms with Crippen molar-refractivity contribution in [3.8, 4) is 11.4 Å². The molecule has 2 aromatic heterocycles. The molecule has 3 fully saturated rings.